The average molecular weight is 332 g/mol. The van der Waals surface area contributed by atoms with Crippen LogP contribution in [0.2, 0.25) is 0 Å². The molecule has 0 radical (unpaired) electrons. The first kappa shape index (κ1) is 18.8. The van der Waals surface area contributed by atoms with Gasteiger partial charge in [-0.15, -0.1) is 0 Å². The molecule has 1 unspecified atom stereocenters. The third-order valence-electron chi connectivity index (χ3n) is 5.12. The van der Waals surface area contributed by atoms with Gasteiger partial charge in [-0.25, -0.2) is 0 Å². The number of nitrogens with one attached hydrogen (secondary N) is 1. The van der Waals surface area contributed by atoms with Crippen LogP contribution in [0.5, 0.6) is 0 Å². The smallest absolute Gasteiger partial charge is 0.227 e. The SMILES string of the molecule is CCCC(C(=O)Nc1ccccc1N1CCC(CO)CC1)C(C)C. The van der Waals surface area contributed by atoms with Crippen molar-refractivity contribution in [3.8, 4) is 0 Å². The summed E-state index contributed by atoms with van der Waals surface area (Å²) >= 11 is 0. The number of rotatable bonds is 7. The van der Waals surface area contributed by atoms with Gasteiger partial charge in [-0.2, -0.15) is 0 Å². The first-order valence-electron chi connectivity index (χ1n) is 9.32. The lowest BCUT2D eigenvalue weighted by atomic mass is 9.90. The molecular formula is C20H32N2O2. The normalized spacial score (nSPS) is 17.1. The van der Waals surface area contributed by atoms with Gasteiger partial charge in [-0.3, -0.25) is 4.79 Å². The minimum atomic E-state index is 0.0585. The molecule has 1 saturated heterocycles. The summed E-state index contributed by atoms with van der Waals surface area (Å²) in [6, 6.07) is 8.08. The van der Waals surface area contributed by atoms with Gasteiger partial charge < -0.3 is 15.3 Å². The Kier molecular flexibility index (Phi) is 7.10. The number of aliphatic hydroxyl groups is 1. The van der Waals surface area contributed by atoms with E-state index in [2.05, 4.69) is 37.1 Å². The van der Waals surface area contributed by atoms with Crippen LogP contribution < -0.4 is 10.2 Å². The average Bonchev–Trinajstić information content (AvgIpc) is 2.60. The second-order valence-electron chi connectivity index (χ2n) is 7.26. The van der Waals surface area contributed by atoms with E-state index < -0.39 is 0 Å². The highest BCUT2D eigenvalue weighted by atomic mass is 16.3. The van der Waals surface area contributed by atoms with Crippen LogP contribution >= 0.6 is 0 Å². The molecule has 1 aliphatic heterocycles. The molecule has 0 spiro atoms. The van der Waals surface area contributed by atoms with Crippen molar-refractivity contribution in [2.45, 2.75) is 46.5 Å². The predicted molar refractivity (Wildman–Crippen MR) is 100 cm³/mol. The molecule has 4 heteroatoms. The van der Waals surface area contributed by atoms with E-state index in [4.69, 9.17) is 0 Å². The van der Waals surface area contributed by atoms with Crippen molar-refractivity contribution in [2.24, 2.45) is 17.8 Å². The van der Waals surface area contributed by atoms with Gasteiger partial charge >= 0.3 is 0 Å². The molecular weight excluding hydrogens is 300 g/mol. The van der Waals surface area contributed by atoms with Gasteiger partial charge in [0.1, 0.15) is 0 Å². The predicted octanol–water partition coefficient (Wildman–Crippen LogP) is 3.91. The highest BCUT2D eigenvalue weighted by Gasteiger charge is 2.24. The fourth-order valence-electron chi connectivity index (χ4n) is 3.52. The van der Waals surface area contributed by atoms with Crippen molar-refractivity contribution in [3.05, 3.63) is 24.3 Å². The molecule has 1 aromatic rings. The molecule has 24 heavy (non-hydrogen) atoms. The number of carbonyl (C=O) groups is 1. The number of anilines is 2. The van der Waals surface area contributed by atoms with Gasteiger partial charge in [0.15, 0.2) is 0 Å². The third-order valence-corrected chi connectivity index (χ3v) is 5.12. The molecule has 2 rings (SSSR count). The number of nitrogens with zero attached hydrogens (tertiary/aromatic N) is 1. The molecule has 1 amide bonds. The van der Waals surface area contributed by atoms with Gasteiger partial charge in [0, 0.05) is 25.6 Å². The number of amides is 1. The molecule has 1 aliphatic rings. The van der Waals surface area contributed by atoms with E-state index in [1.54, 1.807) is 0 Å². The highest BCUT2D eigenvalue weighted by molar-refractivity contribution is 5.96. The Balaban J connectivity index is 2.10. The second-order valence-corrected chi connectivity index (χ2v) is 7.26. The summed E-state index contributed by atoms with van der Waals surface area (Å²) in [5, 5.41) is 12.5. The van der Waals surface area contributed by atoms with E-state index in [0.29, 0.717) is 11.8 Å². The lowest BCUT2D eigenvalue weighted by molar-refractivity contribution is -0.121. The summed E-state index contributed by atoms with van der Waals surface area (Å²) in [5.41, 5.74) is 2.01. The number of para-hydroxylation sites is 2. The van der Waals surface area contributed by atoms with Gasteiger partial charge in [0.25, 0.3) is 0 Å². The van der Waals surface area contributed by atoms with Crippen LogP contribution in [0.1, 0.15) is 46.5 Å². The molecule has 4 nitrogen and oxygen atoms in total. The fraction of sp³-hybridized carbons (Fsp3) is 0.650. The van der Waals surface area contributed by atoms with Crippen molar-refractivity contribution >= 4 is 17.3 Å². The van der Waals surface area contributed by atoms with Gasteiger partial charge in [-0.1, -0.05) is 39.3 Å². The van der Waals surface area contributed by atoms with Gasteiger partial charge in [0.05, 0.1) is 11.4 Å². The first-order chi connectivity index (χ1) is 11.6. The topological polar surface area (TPSA) is 52.6 Å². The summed E-state index contributed by atoms with van der Waals surface area (Å²) in [6.07, 6.45) is 3.95. The monoisotopic (exact) mass is 332 g/mol. The fourth-order valence-corrected chi connectivity index (χ4v) is 3.52. The molecule has 1 atom stereocenters. The Hall–Kier alpha value is -1.55. The van der Waals surface area contributed by atoms with Crippen LogP contribution in [0.25, 0.3) is 0 Å². The maximum atomic E-state index is 12.7. The first-order valence-corrected chi connectivity index (χ1v) is 9.32. The summed E-state index contributed by atoms with van der Waals surface area (Å²) in [4.78, 5) is 15.0. The minimum absolute atomic E-state index is 0.0585. The number of benzene rings is 1. The van der Waals surface area contributed by atoms with E-state index in [9.17, 15) is 9.90 Å². The molecule has 1 aromatic carbocycles. The zero-order chi connectivity index (χ0) is 17.5. The Morgan fingerprint density at radius 2 is 1.96 bits per heavy atom. The largest absolute Gasteiger partial charge is 0.396 e. The number of carbonyl (C=O) groups excluding carboxylic acids is 1. The van der Waals surface area contributed by atoms with Crippen molar-refractivity contribution in [1.82, 2.24) is 0 Å². The van der Waals surface area contributed by atoms with Crippen LogP contribution in [-0.2, 0) is 4.79 Å². The van der Waals surface area contributed by atoms with Crippen molar-refractivity contribution in [1.29, 1.82) is 0 Å². The molecule has 0 saturated carbocycles. The Morgan fingerprint density at radius 3 is 2.54 bits per heavy atom. The maximum absolute atomic E-state index is 12.7. The van der Waals surface area contributed by atoms with Crippen molar-refractivity contribution in [2.75, 3.05) is 29.9 Å². The molecule has 0 bridgehead atoms. The lowest BCUT2D eigenvalue weighted by Gasteiger charge is -2.34. The molecule has 2 N–H and O–H groups in total. The van der Waals surface area contributed by atoms with Crippen LogP contribution in [-0.4, -0.2) is 30.7 Å². The summed E-state index contributed by atoms with van der Waals surface area (Å²) in [7, 11) is 0. The molecule has 0 aromatic heterocycles. The highest BCUT2D eigenvalue weighted by Crippen LogP contribution is 2.30. The van der Waals surface area contributed by atoms with Crippen molar-refractivity contribution in [3.63, 3.8) is 0 Å². The quantitative estimate of drug-likeness (QED) is 0.796. The van der Waals surface area contributed by atoms with Crippen LogP contribution in [0.4, 0.5) is 11.4 Å². The number of hydrogen-bond donors (Lipinski definition) is 2. The molecule has 0 aliphatic carbocycles. The molecule has 134 valence electrons. The molecule has 1 fully saturated rings. The Labute approximate surface area is 146 Å². The Bertz CT molecular complexity index is 522. The van der Waals surface area contributed by atoms with E-state index in [-0.39, 0.29) is 18.4 Å². The summed E-state index contributed by atoms with van der Waals surface area (Å²) in [5.74, 6) is 0.947. The Morgan fingerprint density at radius 1 is 1.29 bits per heavy atom. The minimum Gasteiger partial charge on any atom is -0.396 e. The second kappa shape index (κ2) is 9.07. The van der Waals surface area contributed by atoms with Gasteiger partial charge in [-0.05, 0) is 43.2 Å². The standard InChI is InChI=1S/C20H32N2O2/c1-4-7-17(15(2)3)20(24)21-18-8-5-6-9-19(18)22-12-10-16(14-23)11-13-22/h5-6,8-9,15-17,23H,4,7,10-14H2,1-3H3,(H,21,24). The van der Waals surface area contributed by atoms with Crippen LogP contribution in [0, 0.1) is 17.8 Å². The lowest BCUT2D eigenvalue weighted by Crippen LogP contribution is -2.35. The van der Waals surface area contributed by atoms with E-state index in [0.717, 1.165) is 50.1 Å². The summed E-state index contributed by atoms with van der Waals surface area (Å²) < 4.78 is 0. The number of piperidine rings is 1. The van der Waals surface area contributed by atoms with E-state index >= 15 is 0 Å². The van der Waals surface area contributed by atoms with Crippen LogP contribution in [0.15, 0.2) is 24.3 Å². The molecule has 1 heterocycles. The van der Waals surface area contributed by atoms with E-state index in [1.807, 2.05) is 18.2 Å². The summed E-state index contributed by atoms with van der Waals surface area (Å²) in [6.45, 7) is 8.50. The van der Waals surface area contributed by atoms with Gasteiger partial charge in [0.2, 0.25) is 5.91 Å². The van der Waals surface area contributed by atoms with Crippen molar-refractivity contribution < 1.29 is 9.90 Å². The number of aliphatic hydroxyl groups excluding tert-OH is 1. The zero-order valence-electron chi connectivity index (χ0n) is 15.3. The number of hydrogen-bond acceptors (Lipinski definition) is 3. The third kappa shape index (κ3) is 4.73. The van der Waals surface area contributed by atoms with E-state index in [1.165, 1.54) is 0 Å². The zero-order valence-corrected chi connectivity index (χ0v) is 15.3. The maximum Gasteiger partial charge on any atom is 0.227 e. The van der Waals surface area contributed by atoms with Crippen LogP contribution in [0.3, 0.4) is 0 Å².